The molecule has 0 radical (unpaired) electrons. The van der Waals surface area contributed by atoms with Gasteiger partial charge in [0.05, 0.1) is 6.61 Å². The Bertz CT molecular complexity index is 220. The summed E-state index contributed by atoms with van der Waals surface area (Å²) < 4.78 is 0. The fourth-order valence-corrected chi connectivity index (χ4v) is 1.01. The lowest BCUT2D eigenvalue weighted by Crippen LogP contribution is -2.52. The maximum Gasteiger partial charge on any atom is 0.189 e. The van der Waals surface area contributed by atoms with E-state index >= 15 is 0 Å². The highest BCUT2D eigenvalue weighted by molar-refractivity contribution is 5.84. The smallest absolute Gasteiger partial charge is 0.189 e. The van der Waals surface area contributed by atoms with Crippen LogP contribution in [0.5, 0.6) is 0 Å². The predicted octanol–water partition coefficient (Wildman–Crippen LogP) is -4.66. The standard InChI is InChI=1S/C8H16O8/c9-1-3(11)5(13)7(15)8(16)6(14)4(12)2-10/h3,5-11,13-16H,1-2H2/t3-,5+,6+,7-,8-/m1/s1. The Morgan fingerprint density at radius 3 is 1.75 bits per heavy atom. The summed E-state index contributed by atoms with van der Waals surface area (Å²) >= 11 is 0. The molecule has 0 saturated heterocycles. The zero-order chi connectivity index (χ0) is 12.9. The number of ketones is 1. The fraction of sp³-hybridized carbons (Fsp3) is 0.875. The highest BCUT2D eigenvalue weighted by Crippen LogP contribution is 2.09. The first-order valence-corrected chi connectivity index (χ1v) is 4.51. The summed E-state index contributed by atoms with van der Waals surface area (Å²) in [6, 6.07) is 0. The number of hydrogen-bond donors (Lipinski definition) is 7. The number of carbonyl (C=O) groups is 1. The molecule has 8 heteroatoms. The third-order valence-corrected chi connectivity index (χ3v) is 2.09. The molecule has 0 heterocycles. The molecule has 5 atom stereocenters. The lowest BCUT2D eigenvalue weighted by atomic mass is 9.97. The van der Waals surface area contributed by atoms with E-state index in [1.54, 1.807) is 0 Å². The normalized spacial score (nSPS) is 20.9. The van der Waals surface area contributed by atoms with Gasteiger partial charge in [-0.2, -0.15) is 0 Å². The summed E-state index contributed by atoms with van der Waals surface area (Å²) in [6.45, 7) is -1.90. The van der Waals surface area contributed by atoms with Crippen molar-refractivity contribution in [3.63, 3.8) is 0 Å². The van der Waals surface area contributed by atoms with Crippen LogP contribution in [0.3, 0.4) is 0 Å². The lowest BCUT2D eigenvalue weighted by Gasteiger charge is -2.27. The van der Waals surface area contributed by atoms with Crippen molar-refractivity contribution in [2.75, 3.05) is 13.2 Å². The van der Waals surface area contributed by atoms with Gasteiger partial charge in [-0.25, -0.2) is 0 Å². The molecule has 0 aromatic carbocycles. The van der Waals surface area contributed by atoms with Gasteiger partial charge in [0, 0.05) is 0 Å². The largest absolute Gasteiger partial charge is 0.394 e. The molecule has 0 aromatic heterocycles. The van der Waals surface area contributed by atoms with Crippen LogP contribution in [0.25, 0.3) is 0 Å². The molecule has 0 amide bonds. The van der Waals surface area contributed by atoms with Crippen molar-refractivity contribution in [3.05, 3.63) is 0 Å². The van der Waals surface area contributed by atoms with Gasteiger partial charge in [-0.05, 0) is 0 Å². The summed E-state index contributed by atoms with van der Waals surface area (Å²) in [6.07, 6.45) is -9.84. The van der Waals surface area contributed by atoms with E-state index in [4.69, 9.17) is 25.5 Å². The van der Waals surface area contributed by atoms with E-state index in [1.165, 1.54) is 0 Å². The molecule has 0 saturated carbocycles. The van der Waals surface area contributed by atoms with Crippen LogP contribution in [0.1, 0.15) is 0 Å². The van der Waals surface area contributed by atoms with Gasteiger partial charge in [0.2, 0.25) is 0 Å². The van der Waals surface area contributed by atoms with E-state index in [-0.39, 0.29) is 0 Å². The molecular weight excluding hydrogens is 224 g/mol. The molecule has 0 unspecified atom stereocenters. The molecule has 0 spiro atoms. The molecule has 0 aliphatic heterocycles. The van der Waals surface area contributed by atoms with Crippen molar-refractivity contribution in [1.29, 1.82) is 0 Å². The van der Waals surface area contributed by atoms with Crippen molar-refractivity contribution in [1.82, 2.24) is 0 Å². The average molecular weight is 240 g/mol. The van der Waals surface area contributed by atoms with Crippen molar-refractivity contribution >= 4 is 5.78 Å². The van der Waals surface area contributed by atoms with Gasteiger partial charge >= 0.3 is 0 Å². The third-order valence-electron chi connectivity index (χ3n) is 2.09. The Morgan fingerprint density at radius 1 is 0.875 bits per heavy atom. The number of Topliss-reactive ketones (excluding diaryl/α,β-unsaturated/α-hetero) is 1. The Kier molecular flexibility index (Phi) is 6.60. The molecule has 0 rings (SSSR count). The van der Waals surface area contributed by atoms with Gasteiger partial charge in [0.15, 0.2) is 5.78 Å². The van der Waals surface area contributed by atoms with E-state index in [1.807, 2.05) is 0 Å². The minimum atomic E-state index is -2.08. The Morgan fingerprint density at radius 2 is 1.38 bits per heavy atom. The van der Waals surface area contributed by atoms with E-state index in [0.29, 0.717) is 0 Å². The molecule has 0 fully saturated rings. The van der Waals surface area contributed by atoms with Gasteiger partial charge in [0.1, 0.15) is 37.1 Å². The zero-order valence-electron chi connectivity index (χ0n) is 8.34. The topological polar surface area (TPSA) is 159 Å². The van der Waals surface area contributed by atoms with Gasteiger partial charge in [0.25, 0.3) is 0 Å². The molecule has 0 bridgehead atoms. The Labute approximate surface area is 91.0 Å². The van der Waals surface area contributed by atoms with Gasteiger partial charge in [-0.1, -0.05) is 0 Å². The lowest BCUT2D eigenvalue weighted by molar-refractivity contribution is -0.157. The minimum absolute atomic E-state index is 0.866. The van der Waals surface area contributed by atoms with Crippen LogP contribution in [-0.4, -0.2) is 85.3 Å². The van der Waals surface area contributed by atoms with Gasteiger partial charge in [-0.3, -0.25) is 4.79 Å². The molecule has 16 heavy (non-hydrogen) atoms. The predicted molar refractivity (Wildman–Crippen MR) is 49.2 cm³/mol. The molecule has 8 nitrogen and oxygen atoms in total. The highest BCUT2D eigenvalue weighted by Gasteiger charge is 2.36. The number of aliphatic hydroxyl groups is 7. The summed E-state index contributed by atoms with van der Waals surface area (Å²) in [5.74, 6) is -1.14. The van der Waals surface area contributed by atoms with Crippen LogP contribution >= 0.6 is 0 Å². The molecule has 0 aliphatic carbocycles. The highest BCUT2D eigenvalue weighted by atomic mass is 16.4. The van der Waals surface area contributed by atoms with Crippen molar-refractivity contribution in [2.45, 2.75) is 30.5 Å². The second-order valence-corrected chi connectivity index (χ2v) is 3.29. The molecule has 0 aliphatic rings. The van der Waals surface area contributed by atoms with Crippen molar-refractivity contribution < 1.29 is 40.5 Å². The Balaban J connectivity index is 4.47. The van der Waals surface area contributed by atoms with E-state index in [0.717, 1.165) is 0 Å². The monoisotopic (exact) mass is 240 g/mol. The zero-order valence-corrected chi connectivity index (χ0v) is 8.34. The van der Waals surface area contributed by atoms with E-state index in [2.05, 4.69) is 0 Å². The summed E-state index contributed by atoms with van der Waals surface area (Å²) in [7, 11) is 0. The molecular formula is C8H16O8. The Hall–Kier alpha value is -0.610. The van der Waals surface area contributed by atoms with Gasteiger partial charge < -0.3 is 35.7 Å². The second-order valence-electron chi connectivity index (χ2n) is 3.29. The fourth-order valence-electron chi connectivity index (χ4n) is 1.01. The van der Waals surface area contributed by atoms with Crippen molar-refractivity contribution in [3.8, 4) is 0 Å². The van der Waals surface area contributed by atoms with Crippen LogP contribution in [0.15, 0.2) is 0 Å². The maximum absolute atomic E-state index is 10.8. The average Bonchev–Trinajstić information content (AvgIpc) is 2.32. The quantitative estimate of drug-likeness (QED) is 0.234. The molecule has 7 N–H and O–H groups in total. The van der Waals surface area contributed by atoms with Gasteiger partial charge in [-0.15, -0.1) is 0 Å². The van der Waals surface area contributed by atoms with Crippen LogP contribution < -0.4 is 0 Å². The number of hydrogen-bond acceptors (Lipinski definition) is 8. The van der Waals surface area contributed by atoms with Crippen LogP contribution in [0.4, 0.5) is 0 Å². The van der Waals surface area contributed by atoms with Crippen LogP contribution in [0, 0.1) is 0 Å². The van der Waals surface area contributed by atoms with E-state index in [9.17, 15) is 15.0 Å². The molecule has 96 valence electrons. The SMILES string of the molecule is O=C(CO)[C@H](O)[C@@H](O)[C@H](O)[C@@H](O)[C@H](O)CO. The molecule has 0 aromatic rings. The minimum Gasteiger partial charge on any atom is -0.394 e. The number of rotatable bonds is 7. The first-order valence-electron chi connectivity index (χ1n) is 4.51. The maximum atomic E-state index is 10.8. The van der Waals surface area contributed by atoms with E-state index < -0.39 is 49.5 Å². The van der Waals surface area contributed by atoms with Crippen LogP contribution in [-0.2, 0) is 4.79 Å². The second kappa shape index (κ2) is 6.86. The summed E-state index contributed by atoms with van der Waals surface area (Å²) in [5, 5.41) is 62.5. The first kappa shape index (κ1) is 15.4. The summed E-state index contributed by atoms with van der Waals surface area (Å²) in [5.41, 5.74) is 0. The van der Waals surface area contributed by atoms with Crippen molar-refractivity contribution in [2.24, 2.45) is 0 Å². The third kappa shape index (κ3) is 3.76. The number of carbonyl (C=O) groups excluding carboxylic acids is 1. The summed E-state index contributed by atoms with van der Waals surface area (Å²) in [4.78, 5) is 10.8. The first-order chi connectivity index (χ1) is 7.36. The number of aliphatic hydroxyl groups excluding tert-OH is 7. The van der Waals surface area contributed by atoms with Crippen LogP contribution in [0.2, 0.25) is 0 Å².